The number of nitrogens with zero attached hydrogens (tertiary/aromatic N) is 2. The van der Waals surface area contributed by atoms with E-state index in [1.165, 1.54) is 24.3 Å². The molecule has 0 heterocycles. The summed E-state index contributed by atoms with van der Waals surface area (Å²) in [5.41, 5.74) is 2.08. The zero-order valence-corrected chi connectivity index (χ0v) is 17.3. The van der Waals surface area contributed by atoms with E-state index in [1.807, 2.05) is 48.5 Å². The first-order chi connectivity index (χ1) is 16.0. The van der Waals surface area contributed by atoms with Gasteiger partial charge in [-0.1, -0.05) is 36.4 Å². The van der Waals surface area contributed by atoms with E-state index in [1.54, 1.807) is 24.3 Å². The first-order valence-corrected chi connectivity index (χ1v) is 9.99. The molecule has 8 nitrogen and oxygen atoms in total. The molecule has 0 saturated carbocycles. The van der Waals surface area contributed by atoms with Crippen LogP contribution in [0.25, 0.3) is 0 Å². The average molecular weight is 442 g/mol. The van der Waals surface area contributed by atoms with E-state index in [4.69, 9.17) is 9.47 Å². The van der Waals surface area contributed by atoms with Crippen LogP contribution in [0.3, 0.4) is 0 Å². The molecule has 0 atom stereocenters. The molecular weight excluding hydrogens is 424 g/mol. The van der Waals surface area contributed by atoms with Gasteiger partial charge in [0, 0.05) is 12.1 Å². The molecule has 4 aromatic carbocycles. The maximum absolute atomic E-state index is 10.9. The van der Waals surface area contributed by atoms with Gasteiger partial charge in [0.2, 0.25) is 0 Å². The second kappa shape index (κ2) is 9.61. The third-order valence-corrected chi connectivity index (χ3v) is 4.78. The minimum absolute atomic E-state index is 0.0259. The fourth-order valence-electron chi connectivity index (χ4n) is 3.18. The Kier molecular flexibility index (Phi) is 6.26. The SMILES string of the molecule is O=[N+]([O-])c1cccc(Oc2ccc(Cc3ccc(Oc4cccc([N+](=O)[O-])c4)cc3)cc2)c1. The Labute approximate surface area is 189 Å². The topological polar surface area (TPSA) is 105 Å². The van der Waals surface area contributed by atoms with Crippen LogP contribution in [0, 0.1) is 20.2 Å². The Bertz CT molecular complexity index is 1190. The maximum atomic E-state index is 10.9. The molecule has 0 aliphatic carbocycles. The Morgan fingerprint density at radius 2 is 0.939 bits per heavy atom. The largest absolute Gasteiger partial charge is 0.457 e. The zero-order chi connectivity index (χ0) is 23.2. The summed E-state index contributed by atoms with van der Waals surface area (Å²) in [6.07, 6.45) is 0.689. The Morgan fingerprint density at radius 1 is 0.545 bits per heavy atom. The number of rotatable bonds is 8. The molecular formula is C25H18N2O6. The standard InChI is InChI=1S/C25H18N2O6/c28-26(29)20-3-1-5-24(16-20)32-22-11-7-18(8-12-22)15-19-9-13-23(14-10-19)33-25-6-2-4-21(17-25)27(30)31/h1-14,16-17H,15H2. The average Bonchev–Trinajstić information content (AvgIpc) is 2.82. The molecule has 0 N–H and O–H groups in total. The molecule has 8 heteroatoms. The highest BCUT2D eigenvalue weighted by Gasteiger charge is 2.08. The van der Waals surface area contributed by atoms with Crippen molar-refractivity contribution in [2.45, 2.75) is 6.42 Å². The number of nitro groups is 2. The van der Waals surface area contributed by atoms with Crippen molar-refractivity contribution in [3.8, 4) is 23.0 Å². The number of hydrogen-bond donors (Lipinski definition) is 0. The van der Waals surface area contributed by atoms with Gasteiger partial charge in [-0.3, -0.25) is 20.2 Å². The number of ether oxygens (including phenoxy) is 2. The van der Waals surface area contributed by atoms with Gasteiger partial charge in [-0.25, -0.2) is 0 Å². The van der Waals surface area contributed by atoms with Crippen molar-refractivity contribution in [3.05, 3.63) is 128 Å². The fraction of sp³-hybridized carbons (Fsp3) is 0.0400. The predicted molar refractivity (Wildman–Crippen MR) is 122 cm³/mol. The lowest BCUT2D eigenvalue weighted by Gasteiger charge is -2.08. The lowest BCUT2D eigenvalue weighted by molar-refractivity contribution is -0.385. The van der Waals surface area contributed by atoms with Crippen LogP contribution in [0.15, 0.2) is 97.1 Å². The number of benzene rings is 4. The van der Waals surface area contributed by atoms with Gasteiger partial charge in [-0.05, 0) is 53.9 Å². The van der Waals surface area contributed by atoms with Gasteiger partial charge in [-0.2, -0.15) is 0 Å². The smallest absolute Gasteiger partial charge is 0.273 e. The minimum Gasteiger partial charge on any atom is -0.457 e. The lowest BCUT2D eigenvalue weighted by atomic mass is 10.0. The summed E-state index contributed by atoms with van der Waals surface area (Å²) in [6, 6.07) is 27.0. The van der Waals surface area contributed by atoms with Gasteiger partial charge in [0.1, 0.15) is 23.0 Å². The number of hydrogen-bond acceptors (Lipinski definition) is 6. The third-order valence-electron chi connectivity index (χ3n) is 4.78. The van der Waals surface area contributed by atoms with E-state index in [0.717, 1.165) is 11.1 Å². The quantitative estimate of drug-likeness (QED) is 0.223. The number of nitro benzene ring substituents is 2. The van der Waals surface area contributed by atoms with E-state index in [9.17, 15) is 20.2 Å². The van der Waals surface area contributed by atoms with Gasteiger partial charge < -0.3 is 9.47 Å². The van der Waals surface area contributed by atoms with Gasteiger partial charge in [0.05, 0.1) is 22.0 Å². The van der Waals surface area contributed by atoms with E-state index in [-0.39, 0.29) is 11.4 Å². The third kappa shape index (κ3) is 5.71. The molecule has 0 unspecified atom stereocenters. The van der Waals surface area contributed by atoms with Crippen LogP contribution in [0.4, 0.5) is 11.4 Å². The molecule has 0 aliphatic heterocycles. The monoisotopic (exact) mass is 442 g/mol. The zero-order valence-electron chi connectivity index (χ0n) is 17.3. The highest BCUT2D eigenvalue weighted by Crippen LogP contribution is 2.27. The Hall–Kier alpha value is -4.72. The predicted octanol–water partition coefficient (Wildman–Crippen LogP) is 6.68. The summed E-state index contributed by atoms with van der Waals surface area (Å²) in [6.45, 7) is 0. The maximum Gasteiger partial charge on any atom is 0.273 e. The molecule has 164 valence electrons. The van der Waals surface area contributed by atoms with Gasteiger partial charge in [-0.15, -0.1) is 0 Å². The van der Waals surface area contributed by atoms with Crippen molar-refractivity contribution < 1.29 is 19.3 Å². The summed E-state index contributed by atoms with van der Waals surface area (Å²) in [4.78, 5) is 20.9. The highest BCUT2D eigenvalue weighted by atomic mass is 16.6. The van der Waals surface area contributed by atoms with Crippen LogP contribution in [-0.4, -0.2) is 9.85 Å². The molecule has 0 aromatic heterocycles. The first-order valence-electron chi connectivity index (χ1n) is 9.99. The molecule has 4 aromatic rings. The van der Waals surface area contributed by atoms with Crippen molar-refractivity contribution in [1.82, 2.24) is 0 Å². The van der Waals surface area contributed by atoms with Crippen LogP contribution in [-0.2, 0) is 6.42 Å². The molecule has 0 radical (unpaired) electrons. The molecule has 0 saturated heterocycles. The molecule has 0 amide bonds. The van der Waals surface area contributed by atoms with Gasteiger partial charge in [0.25, 0.3) is 11.4 Å². The summed E-state index contributed by atoms with van der Waals surface area (Å²) in [5.74, 6) is 1.97. The van der Waals surface area contributed by atoms with Crippen molar-refractivity contribution >= 4 is 11.4 Å². The van der Waals surface area contributed by atoms with Gasteiger partial charge >= 0.3 is 0 Å². The highest BCUT2D eigenvalue weighted by molar-refractivity contribution is 5.43. The summed E-state index contributed by atoms with van der Waals surface area (Å²) in [7, 11) is 0. The van der Waals surface area contributed by atoms with E-state index >= 15 is 0 Å². The Balaban J connectivity index is 1.37. The molecule has 4 rings (SSSR count). The van der Waals surface area contributed by atoms with Crippen molar-refractivity contribution in [1.29, 1.82) is 0 Å². The van der Waals surface area contributed by atoms with Crippen LogP contribution >= 0.6 is 0 Å². The van der Waals surface area contributed by atoms with Crippen LogP contribution < -0.4 is 9.47 Å². The van der Waals surface area contributed by atoms with Crippen molar-refractivity contribution in [2.75, 3.05) is 0 Å². The minimum atomic E-state index is -0.462. The molecule has 0 bridgehead atoms. The second-order valence-electron chi connectivity index (χ2n) is 7.18. The van der Waals surface area contributed by atoms with E-state index in [0.29, 0.717) is 29.4 Å². The summed E-state index contributed by atoms with van der Waals surface area (Å²) >= 11 is 0. The van der Waals surface area contributed by atoms with E-state index < -0.39 is 9.85 Å². The van der Waals surface area contributed by atoms with Gasteiger partial charge in [0.15, 0.2) is 0 Å². The lowest BCUT2D eigenvalue weighted by Crippen LogP contribution is -1.92. The number of non-ortho nitro benzene ring substituents is 2. The molecule has 0 aliphatic rings. The summed E-state index contributed by atoms with van der Waals surface area (Å²) < 4.78 is 11.4. The summed E-state index contributed by atoms with van der Waals surface area (Å²) in [5, 5.41) is 21.8. The first kappa shape index (κ1) is 21.5. The normalized spacial score (nSPS) is 10.4. The van der Waals surface area contributed by atoms with Crippen molar-refractivity contribution in [2.24, 2.45) is 0 Å². The molecule has 33 heavy (non-hydrogen) atoms. The molecule has 0 fully saturated rings. The van der Waals surface area contributed by atoms with E-state index in [2.05, 4.69) is 0 Å². The van der Waals surface area contributed by atoms with Crippen LogP contribution in [0.5, 0.6) is 23.0 Å². The van der Waals surface area contributed by atoms with Crippen molar-refractivity contribution in [3.63, 3.8) is 0 Å². The van der Waals surface area contributed by atoms with Crippen LogP contribution in [0.1, 0.15) is 11.1 Å². The Morgan fingerprint density at radius 3 is 1.30 bits per heavy atom. The fourth-order valence-corrected chi connectivity index (χ4v) is 3.18. The molecule has 0 spiro atoms. The second-order valence-corrected chi connectivity index (χ2v) is 7.18. The van der Waals surface area contributed by atoms with Crippen LogP contribution in [0.2, 0.25) is 0 Å².